The molecule has 1 aromatic carbocycles. The molecule has 1 unspecified atom stereocenters. The van der Waals surface area contributed by atoms with Crippen molar-refractivity contribution in [2.45, 2.75) is 19.4 Å². The number of nitrogens with zero attached hydrogens (tertiary/aromatic N) is 3. The van der Waals surface area contributed by atoms with Crippen molar-refractivity contribution >= 4 is 32.6 Å². The number of benzene rings is 1. The van der Waals surface area contributed by atoms with Crippen LogP contribution in [-0.4, -0.2) is 20.4 Å². The summed E-state index contributed by atoms with van der Waals surface area (Å²) < 4.78 is 3.20. The molecule has 0 radical (unpaired) electrons. The summed E-state index contributed by atoms with van der Waals surface area (Å²) in [4.78, 5) is 21.1. The van der Waals surface area contributed by atoms with E-state index in [9.17, 15) is 4.79 Å². The molecular formula is C15H14N4OS. The quantitative estimate of drug-likeness (QED) is 0.791. The Hall–Kier alpha value is -2.21. The molecule has 0 fully saturated rings. The number of fused-ring (bicyclic) bond motifs is 2. The molecule has 6 heteroatoms. The van der Waals surface area contributed by atoms with Crippen LogP contribution in [0.15, 0.2) is 36.7 Å². The number of hydrogen-bond acceptors (Lipinski definition) is 4. The SMILES string of the molecule is O=C(Nc1nc2ccccc2s1)C1CCn2ccnc2C1. The lowest BCUT2D eigenvalue weighted by Gasteiger charge is -2.21. The minimum Gasteiger partial charge on any atom is -0.335 e. The fraction of sp³-hybridized carbons (Fsp3) is 0.267. The van der Waals surface area contributed by atoms with Gasteiger partial charge < -0.3 is 9.88 Å². The maximum absolute atomic E-state index is 12.4. The van der Waals surface area contributed by atoms with Crippen LogP contribution in [0.1, 0.15) is 12.2 Å². The van der Waals surface area contributed by atoms with Crippen LogP contribution in [0.2, 0.25) is 0 Å². The van der Waals surface area contributed by atoms with Crippen LogP contribution < -0.4 is 5.32 Å². The van der Waals surface area contributed by atoms with Crippen LogP contribution in [-0.2, 0) is 17.8 Å². The van der Waals surface area contributed by atoms with E-state index in [1.807, 2.05) is 30.5 Å². The van der Waals surface area contributed by atoms with E-state index in [1.165, 1.54) is 11.3 Å². The van der Waals surface area contributed by atoms with E-state index in [-0.39, 0.29) is 11.8 Å². The maximum atomic E-state index is 12.4. The first kappa shape index (κ1) is 12.5. The van der Waals surface area contributed by atoms with Gasteiger partial charge in [0.15, 0.2) is 5.13 Å². The number of amides is 1. The molecule has 3 heterocycles. The molecule has 0 spiro atoms. The Morgan fingerprint density at radius 3 is 3.19 bits per heavy atom. The molecule has 1 atom stereocenters. The minimum absolute atomic E-state index is 0.0214. The van der Waals surface area contributed by atoms with E-state index in [2.05, 4.69) is 19.9 Å². The fourth-order valence-corrected chi connectivity index (χ4v) is 3.58. The lowest BCUT2D eigenvalue weighted by molar-refractivity contribution is -0.120. The Bertz CT molecular complexity index is 774. The number of imidazole rings is 1. The molecule has 0 saturated carbocycles. The molecule has 0 bridgehead atoms. The van der Waals surface area contributed by atoms with Gasteiger partial charge in [-0.1, -0.05) is 23.5 Å². The highest BCUT2D eigenvalue weighted by Gasteiger charge is 2.25. The zero-order chi connectivity index (χ0) is 14.2. The van der Waals surface area contributed by atoms with E-state index in [0.717, 1.165) is 29.0 Å². The summed E-state index contributed by atoms with van der Waals surface area (Å²) in [6, 6.07) is 7.90. The van der Waals surface area contributed by atoms with E-state index < -0.39 is 0 Å². The van der Waals surface area contributed by atoms with Crippen LogP contribution in [0, 0.1) is 5.92 Å². The number of anilines is 1. The third-order valence-electron chi connectivity index (χ3n) is 3.84. The van der Waals surface area contributed by atoms with Gasteiger partial charge >= 0.3 is 0 Å². The summed E-state index contributed by atoms with van der Waals surface area (Å²) in [6.45, 7) is 0.854. The van der Waals surface area contributed by atoms with Crippen molar-refractivity contribution in [2.24, 2.45) is 5.92 Å². The van der Waals surface area contributed by atoms with E-state index in [1.54, 1.807) is 6.20 Å². The molecule has 1 aliphatic heterocycles. The van der Waals surface area contributed by atoms with Gasteiger partial charge in [0.25, 0.3) is 0 Å². The fourth-order valence-electron chi connectivity index (χ4n) is 2.71. The first-order chi connectivity index (χ1) is 10.3. The number of aryl methyl sites for hydroxylation is 1. The van der Waals surface area contributed by atoms with Gasteiger partial charge in [-0.3, -0.25) is 4.79 Å². The predicted molar refractivity (Wildman–Crippen MR) is 82.3 cm³/mol. The third kappa shape index (κ3) is 2.31. The minimum atomic E-state index is -0.0214. The first-order valence-corrected chi connectivity index (χ1v) is 7.78. The summed E-state index contributed by atoms with van der Waals surface area (Å²) in [7, 11) is 0. The molecule has 3 aromatic rings. The summed E-state index contributed by atoms with van der Waals surface area (Å²) in [5.41, 5.74) is 0.928. The predicted octanol–water partition coefficient (Wildman–Crippen LogP) is 2.69. The monoisotopic (exact) mass is 298 g/mol. The Balaban J connectivity index is 1.51. The Labute approximate surface area is 125 Å². The highest BCUT2D eigenvalue weighted by atomic mass is 32.1. The molecule has 0 saturated heterocycles. The van der Waals surface area contributed by atoms with Gasteiger partial charge in [-0.2, -0.15) is 0 Å². The molecule has 5 nitrogen and oxygen atoms in total. The maximum Gasteiger partial charge on any atom is 0.229 e. The van der Waals surface area contributed by atoms with E-state index in [4.69, 9.17) is 0 Å². The molecule has 2 aromatic heterocycles. The second-order valence-corrected chi connectivity index (χ2v) is 6.23. The Kier molecular flexibility index (Phi) is 2.96. The molecule has 106 valence electrons. The third-order valence-corrected chi connectivity index (χ3v) is 4.80. The molecule has 0 aliphatic carbocycles. The van der Waals surface area contributed by atoms with Crippen molar-refractivity contribution < 1.29 is 4.79 Å². The summed E-state index contributed by atoms with van der Waals surface area (Å²) in [5.74, 6) is 1.01. The van der Waals surface area contributed by atoms with E-state index >= 15 is 0 Å². The number of para-hydroxylation sites is 1. The van der Waals surface area contributed by atoms with Gasteiger partial charge in [0, 0.05) is 31.3 Å². The molecule has 1 aliphatic rings. The summed E-state index contributed by atoms with van der Waals surface area (Å²) in [5, 5.41) is 3.63. The van der Waals surface area contributed by atoms with Crippen LogP contribution >= 0.6 is 11.3 Å². The normalized spacial score (nSPS) is 17.6. The molecule has 1 amide bonds. The first-order valence-electron chi connectivity index (χ1n) is 6.96. The lowest BCUT2D eigenvalue weighted by atomic mass is 9.97. The summed E-state index contributed by atoms with van der Waals surface area (Å²) >= 11 is 1.51. The van der Waals surface area contributed by atoms with Crippen molar-refractivity contribution in [3.63, 3.8) is 0 Å². The van der Waals surface area contributed by atoms with Crippen LogP contribution in [0.25, 0.3) is 10.2 Å². The van der Waals surface area contributed by atoms with Crippen molar-refractivity contribution in [3.8, 4) is 0 Å². The second-order valence-electron chi connectivity index (χ2n) is 5.20. The standard InChI is InChI=1S/C15H14N4OS/c20-14(10-5-7-19-8-6-16-13(19)9-10)18-15-17-11-3-1-2-4-12(11)21-15/h1-4,6,8,10H,5,7,9H2,(H,17,18,20). The number of hydrogen-bond donors (Lipinski definition) is 1. The molecule has 4 rings (SSSR count). The smallest absolute Gasteiger partial charge is 0.229 e. The number of aromatic nitrogens is 3. The van der Waals surface area contributed by atoms with E-state index in [0.29, 0.717) is 11.6 Å². The highest BCUT2D eigenvalue weighted by molar-refractivity contribution is 7.22. The number of carbonyl (C=O) groups excluding carboxylic acids is 1. The number of thiazole rings is 1. The van der Waals surface area contributed by atoms with Crippen molar-refractivity contribution in [3.05, 3.63) is 42.5 Å². The van der Waals surface area contributed by atoms with Crippen LogP contribution in [0.5, 0.6) is 0 Å². The van der Waals surface area contributed by atoms with Gasteiger partial charge in [-0.25, -0.2) is 9.97 Å². The van der Waals surface area contributed by atoms with Gasteiger partial charge in [0.1, 0.15) is 5.82 Å². The van der Waals surface area contributed by atoms with Gasteiger partial charge in [-0.15, -0.1) is 0 Å². The molecule has 1 N–H and O–H groups in total. The lowest BCUT2D eigenvalue weighted by Crippen LogP contribution is -2.30. The zero-order valence-electron chi connectivity index (χ0n) is 11.3. The molecule has 21 heavy (non-hydrogen) atoms. The average Bonchev–Trinajstić information content (AvgIpc) is 3.11. The number of nitrogens with one attached hydrogen (secondary N) is 1. The average molecular weight is 298 g/mol. The highest BCUT2D eigenvalue weighted by Crippen LogP contribution is 2.27. The van der Waals surface area contributed by atoms with Crippen LogP contribution in [0.4, 0.5) is 5.13 Å². The van der Waals surface area contributed by atoms with Crippen LogP contribution in [0.3, 0.4) is 0 Å². The van der Waals surface area contributed by atoms with Gasteiger partial charge in [0.2, 0.25) is 5.91 Å². The summed E-state index contributed by atoms with van der Waals surface area (Å²) in [6.07, 6.45) is 5.31. The van der Waals surface area contributed by atoms with Crippen molar-refractivity contribution in [1.29, 1.82) is 0 Å². The number of rotatable bonds is 2. The van der Waals surface area contributed by atoms with Gasteiger partial charge in [0.05, 0.1) is 10.2 Å². The topological polar surface area (TPSA) is 59.8 Å². The Morgan fingerprint density at radius 1 is 1.38 bits per heavy atom. The number of carbonyl (C=O) groups is 1. The van der Waals surface area contributed by atoms with Crippen molar-refractivity contribution in [2.75, 3.05) is 5.32 Å². The second kappa shape index (κ2) is 4.96. The van der Waals surface area contributed by atoms with Gasteiger partial charge in [-0.05, 0) is 18.6 Å². The Morgan fingerprint density at radius 2 is 2.29 bits per heavy atom. The largest absolute Gasteiger partial charge is 0.335 e. The van der Waals surface area contributed by atoms with Crippen molar-refractivity contribution in [1.82, 2.24) is 14.5 Å². The molecular weight excluding hydrogens is 284 g/mol. The zero-order valence-corrected chi connectivity index (χ0v) is 12.1.